The van der Waals surface area contributed by atoms with Crippen LogP contribution < -0.4 is 5.32 Å². The highest BCUT2D eigenvalue weighted by Crippen LogP contribution is 2.28. The Morgan fingerprint density at radius 1 is 1.29 bits per heavy atom. The number of nitrogens with zero attached hydrogens (tertiary/aromatic N) is 2. The topological polar surface area (TPSA) is 28.2 Å². The van der Waals surface area contributed by atoms with Crippen molar-refractivity contribution in [2.75, 3.05) is 26.2 Å². The summed E-state index contributed by atoms with van der Waals surface area (Å²) in [6, 6.07) is 2.07. The number of aromatic nitrogens is 1. The predicted octanol–water partition coefficient (Wildman–Crippen LogP) is 2.26. The van der Waals surface area contributed by atoms with E-state index >= 15 is 0 Å². The van der Waals surface area contributed by atoms with Gasteiger partial charge in [-0.25, -0.2) is 0 Å². The average Bonchev–Trinajstić information content (AvgIpc) is 2.82. The molecule has 2 aliphatic heterocycles. The zero-order chi connectivity index (χ0) is 11.8. The molecule has 0 aliphatic carbocycles. The first kappa shape index (κ1) is 12.1. The van der Waals surface area contributed by atoms with Crippen molar-refractivity contribution in [3.63, 3.8) is 0 Å². The number of rotatable bonds is 2. The van der Waals surface area contributed by atoms with E-state index in [0.717, 1.165) is 33.0 Å². The molecular formula is C12H15Br2N3. The highest BCUT2D eigenvalue weighted by Gasteiger charge is 2.36. The fourth-order valence-corrected chi connectivity index (χ4v) is 3.97. The molecule has 2 fully saturated rings. The minimum Gasteiger partial charge on any atom is -0.316 e. The molecular weight excluding hydrogens is 346 g/mol. The molecule has 3 nitrogen and oxygen atoms in total. The Kier molecular flexibility index (Phi) is 3.52. The number of pyridine rings is 1. The van der Waals surface area contributed by atoms with Crippen LogP contribution in [0, 0.1) is 11.8 Å². The van der Waals surface area contributed by atoms with Gasteiger partial charge in [0, 0.05) is 34.8 Å². The number of likely N-dealkylation sites (tertiary alicyclic amines) is 1. The third-order valence-corrected chi connectivity index (χ3v) is 4.84. The second kappa shape index (κ2) is 4.96. The van der Waals surface area contributed by atoms with E-state index in [4.69, 9.17) is 0 Å². The van der Waals surface area contributed by atoms with Crippen molar-refractivity contribution in [3.8, 4) is 0 Å². The number of halogens is 2. The summed E-state index contributed by atoms with van der Waals surface area (Å²) in [6.45, 7) is 5.76. The van der Waals surface area contributed by atoms with Gasteiger partial charge in [0.1, 0.15) is 0 Å². The molecule has 1 aromatic heterocycles. The van der Waals surface area contributed by atoms with Gasteiger partial charge in [0.05, 0.1) is 5.69 Å². The van der Waals surface area contributed by atoms with E-state index in [1.54, 1.807) is 0 Å². The molecule has 3 heterocycles. The molecule has 2 aliphatic rings. The van der Waals surface area contributed by atoms with Crippen molar-refractivity contribution >= 4 is 31.9 Å². The molecule has 2 saturated heterocycles. The lowest BCUT2D eigenvalue weighted by Crippen LogP contribution is -2.25. The van der Waals surface area contributed by atoms with Crippen LogP contribution in [0.1, 0.15) is 5.69 Å². The van der Waals surface area contributed by atoms with E-state index in [1.807, 2.05) is 6.20 Å². The van der Waals surface area contributed by atoms with Gasteiger partial charge in [0.15, 0.2) is 0 Å². The summed E-state index contributed by atoms with van der Waals surface area (Å²) in [7, 11) is 0. The van der Waals surface area contributed by atoms with Crippen LogP contribution in [0.4, 0.5) is 0 Å². The molecule has 0 radical (unpaired) electrons. The van der Waals surface area contributed by atoms with Gasteiger partial charge in [-0.2, -0.15) is 0 Å². The highest BCUT2D eigenvalue weighted by atomic mass is 79.9. The fraction of sp³-hybridized carbons (Fsp3) is 0.583. The first-order valence-corrected chi connectivity index (χ1v) is 7.54. The lowest BCUT2D eigenvalue weighted by Gasteiger charge is -2.17. The third kappa shape index (κ3) is 2.57. The molecule has 0 bridgehead atoms. The predicted molar refractivity (Wildman–Crippen MR) is 74.8 cm³/mol. The summed E-state index contributed by atoms with van der Waals surface area (Å²) >= 11 is 7.02. The SMILES string of the molecule is Brc1cnc(CN2CC3CNCC3C2)c(Br)c1. The summed E-state index contributed by atoms with van der Waals surface area (Å²) < 4.78 is 2.12. The van der Waals surface area contributed by atoms with E-state index in [9.17, 15) is 0 Å². The summed E-state index contributed by atoms with van der Waals surface area (Å²) in [5, 5.41) is 3.47. The van der Waals surface area contributed by atoms with Gasteiger partial charge >= 0.3 is 0 Å². The first-order valence-electron chi connectivity index (χ1n) is 5.95. The lowest BCUT2D eigenvalue weighted by atomic mass is 10.0. The van der Waals surface area contributed by atoms with E-state index in [2.05, 4.69) is 53.1 Å². The Morgan fingerprint density at radius 3 is 2.65 bits per heavy atom. The zero-order valence-corrected chi connectivity index (χ0v) is 12.7. The van der Waals surface area contributed by atoms with Crippen LogP contribution in [-0.4, -0.2) is 36.1 Å². The van der Waals surface area contributed by atoms with Crippen molar-refractivity contribution in [2.45, 2.75) is 6.54 Å². The molecule has 3 rings (SSSR count). The van der Waals surface area contributed by atoms with Crippen LogP contribution in [0.2, 0.25) is 0 Å². The first-order chi connectivity index (χ1) is 8.22. The van der Waals surface area contributed by atoms with Crippen molar-refractivity contribution in [2.24, 2.45) is 11.8 Å². The van der Waals surface area contributed by atoms with E-state index in [1.165, 1.54) is 26.2 Å². The monoisotopic (exact) mass is 359 g/mol. The minimum absolute atomic E-state index is 0.851. The summed E-state index contributed by atoms with van der Waals surface area (Å²) in [6.07, 6.45) is 1.87. The lowest BCUT2D eigenvalue weighted by molar-refractivity contribution is 0.301. The Hall–Kier alpha value is 0.0300. The van der Waals surface area contributed by atoms with Gasteiger partial charge in [-0.15, -0.1) is 0 Å². The van der Waals surface area contributed by atoms with Gasteiger partial charge in [-0.05, 0) is 62.9 Å². The van der Waals surface area contributed by atoms with Crippen molar-refractivity contribution in [3.05, 3.63) is 26.9 Å². The quantitative estimate of drug-likeness (QED) is 0.876. The van der Waals surface area contributed by atoms with Gasteiger partial charge < -0.3 is 5.32 Å². The summed E-state index contributed by atoms with van der Waals surface area (Å²) in [4.78, 5) is 7.01. The zero-order valence-electron chi connectivity index (χ0n) is 9.50. The Balaban J connectivity index is 1.67. The Morgan fingerprint density at radius 2 is 2.00 bits per heavy atom. The maximum absolute atomic E-state index is 4.48. The van der Waals surface area contributed by atoms with Crippen molar-refractivity contribution in [1.82, 2.24) is 15.2 Å². The van der Waals surface area contributed by atoms with Crippen LogP contribution in [0.5, 0.6) is 0 Å². The summed E-state index contributed by atoms with van der Waals surface area (Å²) in [5.41, 5.74) is 1.14. The highest BCUT2D eigenvalue weighted by molar-refractivity contribution is 9.11. The van der Waals surface area contributed by atoms with Gasteiger partial charge in [0.25, 0.3) is 0 Å². The van der Waals surface area contributed by atoms with Crippen LogP contribution in [0.3, 0.4) is 0 Å². The van der Waals surface area contributed by atoms with Crippen LogP contribution in [0.25, 0.3) is 0 Å². The standard InChI is InChI=1S/C12H15Br2N3/c13-10-1-11(14)12(16-4-10)7-17-5-8-2-15-3-9(8)6-17/h1,4,8-9,15H,2-3,5-7H2. The van der Waals surface area contributed by atoms with Gasteiger partial charge in [0.2, 0.25) is 0 Å². The minimum atomic E-state index is 0.851. The Labute approximate surface area is 118 Å². The maximum atomic E-state index is 4.48. The molecule has 1 N–H and O–H groups in total. The number of fused-ring (bicyclic) bond motifs is 1. The molecule has 5 heteroatoms. The second-order valence-electron chi connectivity index (χ2n) is 4.95. The normalized spacial score (nSPS) is 28.6. The molecule has 0 spiro atoms. The maximum Gasteiger partial charge on any atom is 0.0686 e. The van der Waals surface area contributed by atoms with E-state index in [0.29, 0.717) is 0 Å². The van der Waals surface area contributed by atoms with Gasteiger partial charge in [-0.3, -0.25) is 9.88 Å². The smallest absolute Gasteiger partial charge is 0.0686 e. The summed E-state index contributed by atoms with van der Waals surface area (Å²) in [5.74, 6) is 1.70. The van der Waals surface area contributed by atoms with Crippen molar-refractivity contribution in [1.29, 1.82) is 0 Å². The molecule has 1 aromatic rings. The van der Waals surface area contributed by atoms with E-state index in [-0.39, 0.29) is 0 Å². The van der Waals surface area contributed by atoms with E-state index < -0.39 is 0 Å². The average molecular weight is 361 g/mol. The Bertz CT molecular complexity index is 412. The molecule has 2 unspecified atom stereocenters. The number of hydrogen-bond donors (Lipinski definition) is 1. The molecule has 0 saturated carbocycles. The molecule has 92 valence electrons. The van der Waals surface area contributed by atoms with Gasteiger partial charge in [-0.1, -0.05) is 0 Å². The second-order valence-corrected chi connectivity index (χ2v) is 6.72. The molecule has 0 amide bonds. The van der Waals surface area contributed by atoms with Crippen LogP contribution in [0.15, 0.2) is 21.2 Å². The fourth-order valence-electron chi connectivity index (χ4n) is 2.85. The molecule has 2 atom stereocenters. The third-order valence-electron chi connectivity index (χ3n) is 3.72. The van der Waals surface area contributed by atoms with Crippen LogP contribution >= 0.6 is 31.9 Å². The van der Waals surface area contributed by atoms with Crippen molar-refractivity contribution < 1.29 is 0 Å². The number of nitrogens with one attached hydrogen (secondary N) is 1. The molecule has 17 heavy (non-hydrogen) atoms. The molecule has 0 aromatic carbocycles. The largest absolute Gasteiger partial charge is 0.316 e. The number of hydrogen-bond acceptors (Lipinski definition) is 3. The van der Waals surface area contributed by atoms with Crippen LogP contribution in [-0.2, 0) is 6.54 Å².